The molecular formula is C31H36ClN7O5. The number of anilines is 4. The molecule has 5 rings (SSSR count). The van der Waals surface area contributed by atoms with Gasteiger partial charge in [-0.15, -0.1) is 0 Å². The SMILES string of the molecule is COc1cc(N2CCN(C(C)=O)CC2)ccc1Nc1ncc(Cl)c(N2C[C@@H](C(=O)O)C[C@@H](C(=O)NCc3ccccc3)C2)n1. The summed E-state index contributed by atoms with van der Waals surface area (Å²) in [6.45, 7) is 5.11. The van der Waals surface area contributed by atoms with Crippen LogP contribution in [-0.4, -0.2) is 84.1 Å². The predicted molar refractivity (Wildman–Crippen MR) is 168 cm³/mol. The number of aromatic nitrogens is 2. The van der Waals surface area contributed by atoms with Gasteiger partial charge in [-0.3, -0.25) is 14.4 Å². The van der Waals surface area contributed by atoms with Crippen LogP contribution in [0.15, 0.2) is 54.7 Å². The Kier molecular flexibility index (Phi) is 9.69. The van der Waals surface area contributed by atoms with E-state index >= 15 is 0 Å². The zero-order chi connectivity index (χ0) is 31.2. The monoisotopic (exact) mass is 621 g/mol. The molecule has 2 aliphatic heterocycles. The number of hydrogen-bond acceptors (Lipinski definition) is 9. The normalized spacial score (nSPS) is 18.5. The van der Waals surface area contributed by atoms with Gasteiger partial charge in [0.1, 0.15) is 10.8 Å². The third-order valence-electron chi connectivity index (χ3n) is 8.03. The van der Waals surface area contributed by atoms with Crippen molar-refractivity contribution in [3.63, 3.8) is 0 Å². The van der Waals surface area contributed by atoms with E-state index in [1.54, 1.807) is 18.9 Å². The van der Waals surface area contributed by atoms with Gasteiger partial charge in [-0.2, -0.15) is 4.98 Å². The first-order chi connectivity index (χ1) is 21.2. The number of carbonyl (C=O) groups excluding carboxylic acids is 2. The number of carboxylic acid groups (broad SMARTS) is 1. The highest BCUT2D eigenvalue weighted by atomic mass is 35.5. The molecule has 2 fully saturated rings. The van der Waals surface area contributed by atoms with Crippen molar-refractivity contribution in [2.24, 2.45) is 11.8 Å². The van der Waals surface area contributed by atoms with Gasteiger partial charge in [0, 0.05) is 64.5 Å². The molecule has 1 aromatic heterocycles. The number of halogens is 1. The lowest BCUT2D eigenvalue weighted by Crippen LogP contribution is -2.48. The number of nitrogens with one attached hydrogen (secondary N) is 2. The maximum absolute atomic E-state index is 13.1. The number of methoxy groups -OCH3 is 1. The van der Waals surface area contributed by atoms with Crippen molar-refractivity contribution in [1.82, 2.24) is 20.2 Å². The number of piperidine rings is 1. The Bertz CT molecular complexity index is 1500. The molecule has 13 heteroatoms. The molecule has 0 saturated carbocycles. The standard InChI is InChI=1S/C31H36ClN7O5/c1-20(40)37-10-12-38(13-11-37)24-8-9-26(27(15-24)44-2)35-31-34-17-25(32)28(36-31)39-18-22(14-23(19-39)30(42)43)29(41)33-16-21-6-4-3-5-7-21/h3-9,15,17,22-23H,10-14,16,18-19H2,1-2H3,(H,33,41)(H,42,43)(H,34,35,36)/t22-,23+/m1/s1. The first-order valence-corrected chi connectivity index (χ1v) is 14.9. The molecule has 232 valence electrons. The molecule has 0 bridgehead atoms. The first-order valence-electron chi connectivity index (χ1n) is 14.5. The average molecular weight is 622 g/mol. The van der Waals surface area contributed by atoms with Crippen LogP contribution in [0.3, 0.4) is 0 Å². The fraction of sp³-hybridized carbons (Fsp3) is 0.387. The molecule has 3 aromatic rings. The summed E-state index contributed by atoms with van der Waals surface area (Å²) in [7, 11) is 1.58. The van der Waals surface area contributed by atoms with Crippen LogP contribution in [0.1, 0.15) is 18.9 Å². The third-order valence-corrected chi connectivity index (χ3v) is 8.29. The largest absolute Gasteiger partial charge is 0.494 e. The quantitative estimate of drug-likeness (QED) is 0.326. The van der Waals surface area contributed by atoms with Gasteiger partial charge < -0.3 is 35.2 Å². The molecule has 2 saturated heterocycles. The van der Waals surface area contributed by atoms with Crippen LogP contribution in [-0.2, 0) is 20.9 Å². The third kappa shape index (κ3) is 7.31. The summed E-state index contributed by atoms with van der Waals surface area (Å²) in [5.74, 6) is -1.30. The van der Waals surface area contributed by atoms with Gasteiger partial charge in [0.25, 0.3) is 0 Å². The smallest absolute Gasteiger partial charge is 0.308 e. The van der Waals surface area contributed by atoms with E-state index in [9.17, 15) is 19.5 Å². The lowest BCUT2D eigenvalue weighted by atomic mass is 9.88. The molecule has 3 heterocycles. The summed E-state index contributed by atoms with van der Waals surface area (Å²) in [4.78, 5) is 51.6. The summed E-state index contributed by atoms with van der Waals surface area (Å²) >= 11 is 6.53. The van der Waals surface area contributed by atoms with E-state index in [-0.39, 0.29) is 42.3 Å². The summed E-state index contributed by atoms with van der Waals surface area (Å²) < 4.78 is 5.66. The van der Waals surface area contributed by atoms with Gasteiger partial charge in [0.2, 0.25) is 17.8 Å². The van der Waals surface area contributed by atoms with Crippen molar-refractivity contribution in [2.75, 3.05) is 61.5 Å². The Morgan fingerprint density at radius 3 is 2.43 bits per heavy atom. The molecular weight excluding hydrogens is 586 g/mol. The van der Waals surface area contributed by atoms with E-state index < -0.39 is 17.8 Å². The van der Waals surface area contributed by atoms with E-state index in [0.717, 1.165) is 24.3 Å². The van der Waals surface area contributed by atoms with Gasteiger partial charge in [-0.1, -0.05) is 41.9 Å². The molecule has 0 aliphatic carbocycles. The second-order valence-corrected chi connectivity index (χ2v) is 11.4. The van der Waals surface area contributed by atoms with E-state index in [1.165, 1.54) is 6.20 Å². The zero-order valence-corrected chi connectivity index (χ0v) is 25.5. The zero-order valence-electron chi connectivity index (χ0n) is 24.7. The van der Waals surface area contributed by atoms with E-state index in [2.05, 4.69) is 25.5 Å². The summed E-state index contributed by atoms with van der Waals surface area (Å²) in [6, 6.07) is 15.3. The van der Waals surface area contributed by atoms with Crippen LogP contribution in [0, 0.1) is 11.8 Å². The molecule has 0 unspecified atom stereocenters. The highest BCUT2D eigenvalue weighted by Gasteiger charge is 2.36. The summed E-state index contributed by atoms with van der Waals surface area (Å²) in [6.07, 6.45) is 1.67. The molecule has 2 aliphatic rings. The second kappa shape index (κ2) is 13.8. The summed E-state index contributed by atoms with van der Waals surface area (Å²) in [5.41, 5.74) is 2.56. The minimum absolute atomic E-state index is 0.0778. The second-order valence-electron chi connectivity index (χ2n) is 10.9. The van der Waals surface area contributed by atoms with Crippen LogP contribution in [0.2, 0.25) is 5.02 Å². The molecule has 44 heavy (non-hydrogen) atoms. The number of aliphatic carboxylic acids is 1. The van der Waals surface area contributed by atoms with Crippen LogP contribution in [0.4, 0.5) is 23.1 Å². The number of carbonyl (C=O) groups is 3. The number of benzene rings is 2. The number of ether oxygens (including phenoxy) is 1. The molecule has 3 N–H and O–H groups in total. The first kappa shape index (κ1) is 30.9. The fourth-order valence-electron chi connectivity index (χ4n) is 5.59. The van der Waals surface area contributed by atoms with Gasteiger partial charge in [-0.25, -0.2) is 4.98 Å². The molecule has 0 radical (unpaired) electrons. The fourth-order valence-corrected chi connectivity index (χ4v) is 5.80. The summed E-state index contributed by atoms with van der Waals surface area (Å²) in [5, 5.41) is 16.2. The van der Waals surface area contributed by atoms with Gasteiger partial charge in [0.05, 0.1) is 30.8 Å². The average Bonchev–Trinajstić information content (AvgIpc) is 3.05. The van der Waals surface area contributed by atoms with Crippen LogP contribution in [0.25, 0.3) is 0 Å². The highest BCUT2D eigenvalue weighted by molar-refractivity contribution is 6.32. The molecule has 2 amide bonds. The van der Waals surface area contributed by atoms with Crippen molar-refractivity contribution < 1.29 is 24.2 Å². The van der Waals surface area contributed by atoms with Gasteiger partial charge >= 0.3 is 5.97 Å². The van der Waals surface area contributed by atoms with Crippen molar-refractivity contribution in [2.45, 2.75) is 19.9 Å². The Hall–Kier alpha value is -4.58. The van der Waals surface area contributed by atoms with Crippen molar-refractivity contribution in [1.29, 1.82) is 0 Å². The Morgan fingerprint density at radius 2 is 1.75 bits per heavy atom. The van der Waals surface area contributed by atoms with E-state index in [0.29, 0.717) is 36.9 Å². The van der Waals surface area contributed by atoms with Gasteiger partial charge in [0.15, 0.2) is 5.82 Å². The van der Waals surface area contributed by atoms with Crippen molar-refractivity contribution in [3.05, 3.63) is 65.3 Å². The lowest BCUT2D eigenvalue weighted by molar-refractivity contribution is -0.143. The number of nitrogens with zero attached hydrogens (tertiary/aromatic N) is 5. The maximum atomic E-state index is 13.1. The Morgan fingerprint density at radius 1 is 1.02 bits per heavy atom. The van der Waals surface area contributed by atoms with Crippen LogP contribution < -0.4 is 25.2 Å². The number of piperazine rings is 1. The molecule has 2 aromatic carbocycles. The predicted octanol–water partition coefficient (Wildman–Crippen LogP) is 3.39. The molecule has 12 nitrogen and oxygen atoms in total. The number of rotatable bonds is 9. The van der Waals surface area contributed by atoms with Crippen LogP contribution in [0.5, 0.6) is 5.75 Å². The highest BCUT2D eigenvalue weighted by Crippen LogP contribution is 2.34. The lowest BCUT2D eigenvalue weighted by Gasteiger charge is -2.36. The molecule has 0 spiro atoms. The van der Waals surface area contributed by atoms with Crippen molar-refractivity contribution in [3.8, 4) is 5.75 Å². The van der Waals surface area contributed by atoms with Crippen LogP contribution >= 0.6 is 11.6 Å². The number of hydrogen-bond donors (Lipinski definition) is 3. The van der Waals surface area contributed by atoms with E-state index in [1.807, 2.05) is 53.4 Å². The topological polar surface area (TPSA) is 140 Å². The van der Waals surface area contributed by atoms with E-state index in [4.69, 9.17) is 16.3 Å². The Balaban J connectivity index is 1.30. The number of amides is 2. The molecule has 2 atom stereocenters. The van der Waals surface area contributed by atoms with Gasteiger partial charge in [-0.05, 0) is 24.1 Å². The Labute approximate surface area is 261 Å². The minimum Gasteiger partial charge on any atom is -0.494 e. The number of carboxylic acids is 1. The van der Waals surface area contributed by atoms with Crippen molar-refractivity contribution >= 4 is 52.5 Å². The maximum Gasteiger partial charge on any atom is 0.308 e. The minimum atomic E-state index is -0.980.